The van der Waals surface area contributed by atoms with Gasteiger partial charge in [-0.3, -0.25) is 4.79 Å². The Morgan fingerprint density at radius 3 is 2.38 bits per heavy atom. The van der Waals surface area contributed by atoms with Gasteiger partial charge in [-0.25, -0.2) is 0 Å². The molecule has 0 spiro atoms. The molecular weight excluding hydrogens is 279 g/mol. The number of halogens is 3. The SMILES string of the molecule is O=CNC(Cc1ccccc1)c1cccc(C(F)(F)F)c1. The zero-order chi connectivity index (χ0) is 15.3. The van der Waals surface area contributed by atoms with Crippen LogP contribution in [0.3, 0.4) is 0 Å². The molecule has 0 aromatic heterocycles. The number of carbonyl (C=O) groups excluding carboxylic acids is 1. The summed E-state index contributed by atoms with van der Waals surface area (Å²) in [6, 6.07) is 13.8. The molecule has 110 valence electrons. The molecule has 1 amide bonds. The molecule has 1 N–H and O–H groups in total. The van der Waals surface area contributed by atoms with E-state index >= 15 is 0 Å². The van der Waals surface area contributed by atoms with Crippen molar-refractivity contribution in [1.82, 2.24) is 5.32 Å². The highest BCUT2D eigenvalue weighted by Gasteiger charge is 2.30. The molecular formula is C16H14F3NO. The first-order valence-electron chi connectivity index (χ1n) is 6.41. The average Bonchev–Trinajstić information content (AvgIpc) is 2.47. The van der Waals surface area contributed by atoms with Gasteiger partial charge in [0.1, 0.15) is 0 Å². The van der Waals surface area contributed by atoms with Crippen LogP contribution in [0.1, 0.15) is 22.7 Å². The van der Waals surface area contributed by atoms with Crippen molar-refractivity contribution in [2.75, 3.05) is 0 Å². The van der Waals surface area contributed by atoms with Crippen LogP contribution in [0.2, 0.25) is 0 Å². The van der Waals surface area contributed by atoms with Crippen molar-refractivity contribution in [1.29, 1.82) is 0 Å². The van der Waals surface area contributed by atoms with E-state index in [0.717, 1.165) is 17.7 Å². The van der Waals surface area contributed by atoms with Gasteiger partial charge in [-0.2, -0.15) is 13.2 Å². The number of nitrogens with one attached hydrogen (secondary N) is 1. The van der Waals surface area contributed by atoms with Gasteiger partial charge in [0.15, 0.2) is 0 Å². The normalized spacial score (nSPS) is 12.7. The van der Waals surface area contributed by atoms with Gasteiger partial charge in [-0.1, -0.05) is 42.5 Å². The molecule has 1 atom stereocenters. The second-order valence-electron chi connectivity index (χ2n) is 4.65. The van der Waals surface area contributed by atoms with Gasteiger partial charge >= 0.3 is 6.18 Å². The van der Waals surface area contributed by atoms with Crippen LogP contribution in [-0.4, -0.2) is 6.41 Å². The van der Waals surface area contributed by atoms with Gasteiger partial charge in [0.25, 0.3) is 0 Å². The van der Waals surface area contributed by atoms with Crippen LogP contribution in [0.4, 0.5) is 13.2 Å². The fourth-order valence-electron chi connectivity index (χ4n) is 2.14. The van der Waals surface area contributed by atoms with Gasteiger partial charge < -0.3 is 5.32 Å². The predicted octanol–water partition coefficient (Wildman–Crippen LogP) is 3.74. The first-order valence-corrected chi connectivity index (χ1v) is 6.41. The first kappa shape index (κ1) is 15.1. The molecule has 0 bridgehead atoms. The molecule has 21 heavy (non-hydrogen) atoms. The molecule has 2 rings (SSSR count). The third kappa shape index (κ3) is 4.08. The Balaban J connectivity index is 2.28. The third-order valence-electron chi connectivity index (χ3n) is 3.17. The third-order valence-corrected chi connectivity index (χ3v) is 3.17. The Labute approximate surface area is 120 Å². The monoisotopic (exact) mass is 293 g/mol. The number of alkyl halides is 3. The van der Waals surface area contributed by atoms with Crippen molar-refractivity contribution < 1.29 is 18.0 Å². The molecule has 5 heteroatoms. The Bertz CT molecular complexity index is 596. The van der Waals surface area contributed by atoms with Crippen LogP contribution < -0.4 is 5.32 Å². The minimum Gasteiger partial charge on any atom is -0.352 e. The summed E-state index contributed by atoms with van der Waals surface area (Å²) in [6.45, 7) is 0. The molecule has 2 aromatic rings. The van der Waals surface area contributed by atoms with E-state index in [0.29, 0.717) is 18.4 Å². The zero-order valence-corrected chi connectivity index (χ0v) is 11.1. The number of carbonyl (C=O) groups is 1. The molecule has 2 aromatic carbocycles. The first-order chi connectivity index (χ1) is 10.0. The second-order valence-corrected chi connectivity index (χ2v) is 4.65. The van der Waals surface area contributed by atoms with Gasteiger partial charge in [0, 0.05) is 0 Å². The summed E-state index contributed by atoms with van der Waals surface area (Å²) in [5.74, 6) is 0. The topological polar surface area (TPSA) is 29.1 Å². The standard InChI is InChI=1S/C16H14F3NO/c17-16(18,19)14-8-4-7-13(10-14)15(20-11-21)9-12-5-2-1-3-6-12/h1-8,10-11,15H,9H2,(H,20,21). The van der Waals surface area contributed by atoms with E-state index in [1.54, 1.807) is 6.07 Å². The molecule has 0 heterocycles. The van der Waals surface area contributed by atoms with Crippen LogP contribution >= 0.6 is 0 Å². The lowest BCUT2D eigenvalue weighted by Gasteiger charge is -2.18. The van der Waals surface area contributed by atoms with Crippen LogP contribution in [0.15, 0.2) is 54.6 Å². The lowest BCUT2D eigenvalue weighted by molar-refractivity contribution is -0.137. The van der Waals surface area contributed by atoms with E-state index in [-0.39, 0.29) is 0 Å². The Morgan fingerprint density at radius 1 is 1.05 bits per heavy atom. The average molecular weight is 293 g/mol. The number of benzene rings is 2. The quantitative estimate of drug-likeness (QED) is 0.836. The number of hydrogen-bond acceptors (Lipinski definition) is 1. The summed E-state index contributed by atoms with van der Waals surface area (Å²) in [5, 5.41) is 2.58. The summed E-state index contributed by atoms with van der Waals surface area (Å²) in [4.78, 5) is 10.7. The predicted molar refractivity (Wildman–Crippen MR) is 73.5 cm³/mol. The van der Waals surface area contributed by atoms with Crippen molar-refractivity contribution in [2.45, 2.75) is 18.6 Å². The summed E-state index contributed by atoms with van der Waals surface area (Å²) in [7, 11) is 0. The molecule has 0 aliphatic rings. The van der Waals surface area contributed by atoms with Crippen LogP contribution in [-0.2, 0) is 17.4 Å². The maximum absolute atomic E-state index is 12.8. The fourth-order valence-corrected chi connectivity index (χ4v) is 2.14. The minimum absolute atomic E-state index is 0.431. The molecule has 0 radical (unpaired) electrons. The molecule has 1 unspecified atom stereocenters. The van der Waals surface area contributed by atoms with Crippen molar-refractivity contribution in [3.05, 3.63) is 71.3 Å². The number of rotatable bonds is 5. The summed E-state index contributed by atoms with van der Waals surface area (Å²) < 4.78 is 38.3. The van der Waals surface area contributed by atoms with E-state index in [4.69, 9.17) is 0 Å². The van der Waals surface area contributed by atoms with Gasteiger partial charge in [0.2, 0.25) is 6.41 Å². The van der Waals surface area contributed by atoms with Crippen LogP contribution in [0.5, 0.6) is 0 Å². The lowest BCUT2D eigenvalue weighted by Crippen LogP contribution is -2.22. The van der Waals surface area contributed by atoms with E-state index in [2.05, 4.69) is 5.32 Å². The van der Waals surface area contributed by atoms with E-state index in [1.807, 2.05) is 30.3 Å². The van der Waals surface area contributed by atoms with E-state index < -0.39 is 17.8 Å². The van der Waals surface area contributed by atoms with Crippen molar-refractivity contribution in [2.24, 2.45) is 0 Å². The molecule has 0 aliphatic heterocycles. The number of hydrogen-bond donors (Lipinski definition) is 1. The fraction of sp³-hybridized carbons (Fsp3) is 0.188. The van der Waals surface area contributed by atoms with Gasteiger partial charge in [0.05, 0.1) is 11.6 Å². The summed E-state index contributed by atoms with van der Waals surface area (Å²) >= 11 is 0. The molecule has 0 saturated carbocycles. The maximum Gasteiger partial charge on any atom is 0.416 e. The zero-order valence-electron chi connectivity index (χ0n) is 11.1. The van der Waals surface area contributed by atoms with Gasteiger partial charge in [-0.05, 0) is 29.7 Å². The maximum atomic E-state index is 12.8. The van der Waals surface area contributed by atoms with Gasteiger partial charge in [-0.15, -0.1) is 0 Å². The Hall–Kier alpha value is -2.30. The largest absolute Gasteiger partial charge is 0.416 e. The molecule has 2 nitrogen and oxygen atoms in total. The summed E-state index contributed by atoms with van der Waals surface area (Å²) in [5.41, 5.74) is 0.654. The molecule has 0 saturated heterocycles. The van der Waals surface area contributed by atoms with E-state index in [1.165, 1.54) is 6.07 Å². The smallest absolute Gasteiger partial charge is 0.352 e. The highest BCUT2D eigenvalue weighted by molar-refractivity contribution is 5.48. The summed E-state index contributed by atoms with van der Waals surface area (Å²) in [6.07, 6.45) is -3.46. The van der Waals surface area contributed by atoms with Crippen molar-refractivity contribution in [3.63, 3.8) is 0 Å². The Morgan fingerprint density at radius 2 is 1.76 bits per heavy atom. The van der Waals surface area contributed by atoms with Crippen molar-refractivity contribution >= 4 is 6.41 Å². The Kier molecular flexibility index (Phi) is 4.62. The molecule has 0 fully saturated rings. The second kappa shape index (κ2) is 6.43. The highest BCUT2D eigenvalue weighted by atomic mass is 19.4. The highest BCUT2D eigenvalue weighted by Crippen LogP contribution is 2.31. The van der Waals surface area contributed by atoms with Crippen LogP contribution in [0, 0.1) is 0 Å². The minimum atomic E-state index is -4.39. The van der Waals surface area contributed by atoms with E-state index in [9.17, 15) is 18.0 Å². The van der Waals surface area contributed by atoms with Crippen LogP contribution in [0.25, 0.3) is 0 Å². The lowest BCUT2D eigenvalue weighted by atomic mass is 9.97. The number of amides is 1. The van der Waals surface area contributed by atoms with Crippen molar-refractivity contribution in [3.8, 4) is 0 Å². The molecule has 0 aliphatic carbocycles.